The molecule has 2 aromatic rings. The predicted octanol–water partition coefficient (Wildman–Crippen LogP) is 5.09. The zero-order chi connectivity index (χ0) is 21.7. The van der Waals surface area contributed by atoms with E-state index in [1.54, 1.807) is 45.6 Å². The lowest BCUT2D eigenvalue weighted by Gasteiger charge is -2.25. The highest BCUT2D eigenvalue weighted by atomic mass is 79.9. The second-order valence-electron chi connectivity index (χ2n) is 7.05. The average Bonchev–Trinajstić information content (AvgIpc) is 2.77. The highest BCUT2D eigenvalue weighted by Gasteiger charge is 2.23. The summed E-state index contributed by atoms with van der Waals surface area (Å²) < 4.78 is 18.0. The van der Waals surface area contributed by atoms with E-state index in [-0.39, 0.29) is 5.78 Å². The van der Waals surface area contributed by atoms with E-state index < -0.39 is 0 Å². The third kappa shape index (κ3) is 4.77. The van der Waals surface area contributed by atoms with Crippen molar-refractivity contribution in [1.29, 1.82) is 0 Å². The summed E-state index contributed by atoms with van der Waals surface area (Å²) in [4.78, 5) is 14.9. The van der Waals surface area contributed by atoms with Gasteiger partial charge in [0.1, 0.15) is 17.2 Å². The first-order valence-electron chi connectivity index (χ1n) is 9.67. The van der Waals surface area contributed by atoms with Crippen LogP contribution in [0.5, 0.6) is 17.2 Å². The van der Waals surface area contributed by atoms with Crippen molar-refractivity contribution in [2.45, 2.75) is 6.42 Å². The van der Waals surface area contributed by atoms with Crippen LogP contribution in [0.2, 0.25) is 0 Å². The normalized spacial score (nSPS) is 14.5. The van der Waals surface area contributed by atoms with Crippen LogP contribution in [-0.2, 0) is 0 Å². The molecule has 0 amide bonds. The minimum Gasteiger partial charge on any atom is -0.496 e. The lowest BCUT2D eigenvalue weighted by Crippen LogP contribution is -2.24. The number of hydrogen-bond donors (Lipinski definition) is 0. The van der Waals surface area contributed by atoms with Crippen LogP contribution >= 0.6 is 15.9 Å². The molecule has 0 radical (unpaired) electrons. The molecule has 0 atom stereocenters. The van der Waals surface area contributed by atoms with Gasteiger partial charge in [-0.2, -0.15) is 0 Å². The van der Waals surface area contributed by atoms with Gasteiger partial charge < -0.3 is 19.1 Å². The number of benzene rings is 2. The number of nitrogens with zero attached hydrogens (tertiary/aromatic N) is 1. The fourth-order valence-electron chi connectivity index (χ4n) is 3.50. The lowest BCUT2D eigenvalue weighted by molar-refractivity contribution is 0.104. The maximum atomic E-state index is 12.6. The molecule has 0 unspecified atom stereocenters. The number of carbonyl (C=O) groups excluding carboxylic acids is 1. The monoisotopic (exact) mass is 471 g/mol. The maximum Gasteiger partial charge on any atom is 0.185 e. The molecule has 6 heteroatoms. The van der Waals surface area contributed by atoms with Crippen molar-refractivity contribution in [2.24, 2.45) is 0 Å². The number of hydrogen-bond acceptors (Lipinski definition) is 5. The largest absolute Gasteiger partial charge is 0.496 e. The van der Waals surface area contributed by atoms with Crippen molar-refractivity contribution >= 4 is 33.4 Å². The summed E-state index contributed by atoms with van der Waals surface area (Å²) in [6.45, 7) is 1.82. The van der Waals surface area contributed by atoms with E-state index in [0.29, 0.717) is 28.4 Å². The number of carbonyl (C=O) groups is 1. The summed E-state index contributed by atoms with van der Waals surface area (Å²) in [7, 11) is 6.95. The molecule has 0 saturated carbocycles. The van der Waals surface area contributed by atoms with Crippen LogP contribution < -0.4 is 14.2 Å². The van der Waals surface area contributed by atoms with Crippen LogP contribution in [0.15, 0.2) is 47.0 Å². The zero-order valence-electron chi connectivity index (χ0n) is 17.7. The number of ether oxygens (including phenoxy) is 3. The van der Waals surface area contributed by atoms with Gasteiger partial charge >= 0.3 is 0 Å². The second-order valence-corrected chi connectivity index (χ2v) is 7.96. The molecule has 0 spiro atoms. The highest BCUT2D eigenvalue weighted by molar-refractivity contribution is 9.10. The third-order valence-electron chi connectivity index (χ3n) is 5.15. The van der Waals surface area contributed by atoms with Crippen molar-refractivity contribution in [3.8, 4) is 17.2 Å². The summed E-state index contributed by atoms with van der Waals surface area (Å²) in [5.74, 6) is 1.82. The predicted molar refractivity (Wildman–Crippen MR) is 124 cm³/mol. The van der Waals surface area contributed by atoms with E-state index in [9.17, 15) is 4.79 Å². The summed E-state index contributed by atoms with van der Waals surface area (Å²) in [6.07, 6.45) is 6.37. The van der Waals surface area contributed by atoms with E-state index >= 15 is 0 Å². The van der Waals surface area contributed by atoms with E-state index in [2.05, 4.69) is 34.0 Å². The quantitative estimate of drug-likeness (QED) is 0.415. The van der Waals surface area contributed by atoms with Gasteiger partial charge in [-0.05, 0) is 55.5 Å². The Morgan fingerprint density at radius 1 is 1.07 bits per heavy atom. The Labute approximate surface area is 186 Å². The van der Waals surface area contributed by atoms with Crippen molar-refractivity contribution in [1.82, 2.24) is 4.90 Å². The maximum absolute atomic E-state index is 12.6. The van der Waals surface area contributed by atoms with Gasteiger partial charge in [0.2, 0.25) is 0 Å². The van der Waals surface area contributed by atoms with Crippen LogP contribution in [0.1, 0.15) is 27.9 Å². The molecule has 3 rings (SSSR count). The topological polar surface area (TPSA) is 48.0 Å². The second kappa shape index (κ2) is 9.96. The van der Waals surface area contributed by atoms with Gasteiger partial charge in [0, 0.05) is 29.2 Å². The molecule has 0 N–H and O–H groups in total. The van der Waals surface area contributed by atoms with Crippen molar-refractivity contribution in [3.63, 3.8) is 0 Å². The summed E-state index contributed by atoms with van der Waals surface area (Å²) in [6, 6.07) is 9.11. The van der Waals surface area contributed by atoms with Crippen molar-refractivity contribution < 1.29 is 19.0 Å². The van der Waals surface area contributed by atoms with Crippen LogP contribution in [0.4, 0.5) is 0 Å². The van der Waals surface area contributed by atoms with Gasteiger partial charge in [-0.1, -0.05) is 22.0 Å². The van der Waals surface area contributed by atoms with Gasteiger partial charge in [0.15, 0.2) is 5.78 Å². The minimum atomic E-state index is -0.0949. The molecule has 1 heterocycles. The first-order chi connectivity index (χ1) is 14.5. The number of likely N-dealkylation sites (N-methyl/N-ethyl adjacent to an activating group) is 1. The molecule has 0 aliphatic carbocycles. The zero-order valence-corrected chi connectivity index (χ0v) is 19.3. The lowest BCUT2D eigenvalue weighted by atomic mass is 9.94. The van der Waals surface area contributed by atoms with Crippen LogP contribution in [-0.4, -0.2) is 52.1 Å². The van der Waals surface area contributed by atoms with Gasteiger partial charge in [0.05, 0.1) is 32.5 Å². The Morgan fingerprint density at radius 2 is 1.77 bits per heavy atom. The molecule has 1 aliphatic rings. The Bertz CT molecular complexity index is 980. The highest BCUT2D eigenvalue weighted by Crippen LogP contribution is 2.45. The molecule has 0 fully saturated rings. The summed E-state index contributed by atoms with van der Waals surface area (Å²) in [5.41, 5.74) is 3.39. The van der Waals surface area contributed by atoms with E-state index in [0.717, 1.165) is 29.5 Å². The van der Waals surface area contributed by atoms with Gasteiger partial charge in [-0.3, -0.25) is 4.79 Å². The van der Waals surface area contributed by atoms with E-state index in [4.69, 9.17) is 14.2 Å². The van der Waals surface area contributed by atoms with Crippen LogP contribution in [0.25, 0.3) is 11.6 Å². The Kier molecular flexibility index (Phi) is 7.34. The molecule has 0 saturated heterocycles. The molecule has 0 aromatic heterocycles. The Balaban J connectivity index is 2.07. The van der Waals surface area contributed by atoms with Gasteiger partial charge in [-0.25, -0.2) is 0 Å². The number of rotatable bonds is 7. The summed E-state index contributed by atoms with van der Waals surface area (Å²) >= 11 is 3.39. The van der Waals surface area contributed by atoms with Gasteiger partial charge in [-0.15, -0.1) is 0 Å². The summed E-state index contributed by atoms with van der Waals surface area (Å²) in [5, 5.41) is 0. The Morgan fingerprint density at radius 3 is 2.33 bits per heavy atom. The molecular weight excluding hydrogens is 446 g/mol. The molecule has 5 nitrogen and oxygen atoms in total. The molecule has 2 aromatic carbocycles. The SMILES string of the molecule is COc1cc(OC)c(C2=CCN(C)CC2)c(OC)c1/C=C/C(=O)c1ccc(Br)cc1. The molecule has 30 heavy (non-hydrogen) atoms. The van der Waals surface area contributed by atoms with Crippen molar-refractivity contribution in [3.05, 3.63) is 63.6 Å². The van der Waals surface area contributed by atoms with Crippen LogP contribution in [0.3, 0.4) is 0 Å². The molecule has 0 bridgehead atoms. The van der Waals surface area contributed by atoms with Crippen molar-refractivity contribution in [2.75, 3.05) is 41.5 Å². The first-order valence-corrected chi connectivity index (χ1v) is 10.5. The number of halogens is 1. The van der Waals surface area contributed by atoms with E-state index in [1.807, 2.05) is 18.2 Å². The fraction of sp³-hybridized carbons (Fsp3) is 0.292. The smallest absolute Gasteiger partial charge is 0.185 e. The number of allylic oxidation sites excluding steroid dienone is 1. The van der Waals surface area contributed by atoms with E-state index in [1.165, 1.54) is 5.57 Å². The van der Waals surface area contributed by atoms with Gasteiger partial charge in [0.25, 0.3) is 0 Å². The number of methoxy groups -OCH3 is 3. The fourth-order valence-corrected chi connectivity index (χ4v) is 3.76. The minimum absolute atomic E-state index is 0.0949. The first kappa shape index (κ1) is 22.1. The standard InChI is InChI=1S/C24H26BrNO4/c1-26-13-11-17(12-14-26)23-22(29-3)15-21(28-2)19(24(23)30-4)9-10-20(27)16-5-7-18(25)8-6-16/h5-11,15H,12-14H2,1-4H3/b10-9+. The molecule has 158 valence electrons. The third-order valence-corrected chi connectivity index (χ3v) is 5.68. The number of ketones is 1. The average molecular weight is 472 g/mol. The van der Waals surface area contributed by atoms with Crippen LogP contribution in [0, 0.1) is 0 Å². The molecular formula is C24H26BrNO4. The Hall–Kier alpha value is -2.57. The molecule has 1 aliphatic heterocycles.